The Balaban J connectivity index is 1.87. The van der Waals surface area contributed by atoms with Crippen molar-refractivity contribution in [2.24, 2.45) is 0 Å². The van der Waals surface area contributed by atoms with E-state index in [4.69, 9.17) is 21.1 Å². The van der Waals surface area contributed by atoms with Crippen LogP contribution in [0.2, 0.25) is 5.02 Å². The minimum Gasteiger partial charge on any atom is -0.493 e. The summed E-state index contributed by atoms with van der Waals surface area (Å²) in [6.07, 6.45) is 0.801. The summed E-state index contributed by atoms with van der Waals surface area (Å²) in [7, 11) is 1.47. The van der Waals surface area contributed by atoms with Gasteiger partial charge in [-0.15, -0.1) is 5.10 Å². The van der Waals surface area contributed by atoms with Crippen molar-refractivity contribution in [1.29, 1.82) is 0 Å². The largest absolute Gasteiger partial charge is 0.493 e. The van der Waals surface area contributed by atoms with Gasteiger partial charge in [0.1, 0.15) is 11.5 Å². The molecular weight excluding hydrogens is 401 g/mol. The summed E-state index contributed by atoms with van der Waals surface area (Å²) in [6.45, 7) is 4.08. The molecule has 0 saturated heterocycles. The Morgan fingerprint density at radius 3 is 2.76 bits per heavy atom. The van der Waals surface area contributed by atoms with Crippen molar-refractivity contribution in [3.05, 3.63) is 52.6 Å². The molecule has 10 heteroatoms. The molecule has 1 N–H and O–H groups in total. The molecule has 2 aromatic carbocycles. The van der Waals surface area contributed by atoms with Gasteiger partial charge in [0.2, 0.25) is 0 Å². The zero-order valence-corrected chi connectivity index (χ0v) is 16.8. The van der Waals surface area contributed by atoms with Crippen molar-refractivity contribution in [1.82, 2.24) is 20.2 Å². The number of anilines is 1. The van der Waals surface area contributed by atoms with Gasteiger partial charge in [-0.1, -0.05) is 18.5 Å². The number of halogens is 2. The normalized spacial score (nSPS) is 10.7. The first-order chi connectivity index (χ1) is 13.9. The van der Waals surface area contributed by atoms with Gasteiger partial charge in [-0.2, -0.15) is 4.68 Å². The fourth-order valence-corrected chi connectivity index (χ4v) is 2.87. The van der Waals surface area contributed by atoms with E-state index in [0.717, 1.165) is 6.42 Å². The summed E-state index contributed by atoms with van der Waals surface area (Å²) in [5.74, 6) is 0.163. The van der Waals surface area contributed by atoms with Crippen LogP contribution in [0.3, 0.4) is 0 Å². The van der Waals surface area contributed by atoms with E-state index in [9.17, 15) is 9.18 Å². The number of ether oxygens (including phenoxy) is 2. The van der Waals surface area contributed by atoms with Gasteiger partial charge in [0, 0.05) is 11.3 Å². The molecule has 0 fully saturated rings. The highest BCUT2D eigenvalue weighted by molar-refractivity contribution is 6.32. The Morgan fingerprint density at radius 2 is 2.10 bits per heavy atom. The predicted molar refractivity (Wildman–Crippen MR) is 106 cm³/mol. The lowest BCUT2D eigenvalue weighted by atomic mass is 10.1. The number of rotatable bonds is 7. The number of tetrazole rings is 1. The number of amides is 1. The number of benzene rings is 2. The maximum atomic E-state index is 14.2. The molecule has 0 spiro atoms. The number of aryl methyl sites for hydroxylation is 1. The van der Waals surface area contributed by atoms with Crippen LogP contribution in [-0.2, 0) is 0 Å². The molecule has 29 heavy (non-hydrogen) atoms. The Bertz CT molecular complexity index is 1040. The van der Waals surface area contributed by atoms with Crippen molar-refractivity contribution in [3.63, 3.8) is 0 Å². The van der Waals surface area contributed by atoms with Gasteiger partial charge in [-0.3, -0.25) is 4.79 Å². The van der Waals surface area contributed by atoms with Crippen LogP contribution in [0.4, 0.5) is 10.1 Å². The standard InChI is InChI=1S/C19H19ClFN5O3/c1-4-7-29-18-14(20)8-12(9-17(18)28-3)19(27)22-13-5-6-15(21)16(10-13)26-11(2)23-24-25-26/h5-6,8-10H,4,7H2,1-3H3,(H,22,27). The van der Waals surface area contributed by atoms with Crippen molar-refractivity contribution in [3.8, 4) is 17.2 Å². The van der Waals surface area contributed by atoms with E-state index in [1.54, 1.807) is 6.92 Å². The molecule has 0 atom stereocenters. The van der Waals surface area contributed by atoms with Crippen molar-refractivity contribution >= 4 is 23.2 Å². The topological polar surface area (TPSA) is 91.2 Å². The lowest BCUT2D eigenvalue weighted by molar-refractivity contribution is 0.102. The zero-order chi connectivity index (χ0) is 21.0. The maximum absolute atomic E-state index is 14.2. The summed E-state index contributed by atoms with van der Waals surface area (Å²) < 4.78 is 26.3. The lowest BCUT2D eigenvalue weighted by Crippen LogP contribution is -2.13. The highest BCUT2D eigenvalue weighted by Gasteiger charge is 2.17. The number of nitrogens with one attached hydrogen (secondary N) is 1. The number of carbonyl (C=O) groups is 1. The second-order valence-corrected chi connectivity index (χ2v) is 6.50. The second kappa shape index (κ2) is 8.87. The quantitative estimate of drug-likeness (QED) is 0.626. The Morgan fingerprint density at radius 1 is 1.31 bits per heavy atom. The molecule has 1 amide bonds. The molecule has 8 nitrogen and oxygen atoms in total. The van der Waals surface area contributed by atoms with Crippen molar-refractivity contribution in [2.75, 3.05) is 19.0 Å². The van der Waals surface area contributed by atoms with Gasteiger partial charge in [0.25, 0.3) is 5.91 Å². The first-order valence-electron chi connectivity index (χ1n) is 8.81. The van der Waals surface area contributed by atoms with Gasteiger partial charge < -0.3 is 14.8 Å². The first kappa shape index (κ1) is 20.5. The Labute approximate surface area is 171 Å². The molecule has 0 aliphatic carbocycles. The molecule has 3 aromatic rings. The zero-order valence-electron chi connectivity index (χ0n) is 16.1. The fraction of sp³-hybridized carbons (Fsp3) is 0.263. The molecule has 0 aliphatic heterocycles. The number of hydrogen-bond acceptors (Lipinski definition) is 6. The molecule has 1 aromatic heterocycles. The first-order valence-corrected chi connectivity index (χ1v) is 9.19. The lowest BCUT2D eigenvalue weighted by Gasteiger charge is -2.14. The number of carbonyl (C=O) groups excluding carboxylic acids is 1. The molecule has 0 bridgehead atoms. The van der Waals surface area contributed by atoms with Gasteiger partial charge in [-0.05, 0) is 54.1 Å². The summed E-state index contributed by atoms with van der Waals surface area (Å²) in [6, 6.07) is 7.12. The van der Waals surface area contributed by atoms with E-state index in [2.05, 4.69) is 20.8 Å². The van der Waals surface area contributed by atoms with Gasteiger partial charge >= 0.3 is 0 Å². The third-order valence-electron chi connectivity index (χ3n) is 4.00. The molecule has 0 saturated carbocycles. The highest BCUT2D eigenvalue weighted by Crippen LogP contribution is 2.36. The van der Waals surface area contributed by atoms with Crippen LogP contribution in [-0.4, -0.2) is 39.8 Å². The number of hydrogen-bond donors (Lipinski definition) is 1. The smallest absolute Gasteiger partial charge is 0.255 e. The van der Waals surface area contributed by atoms with E-state index in [0.29, 0.717) is 29.6 Å². The third-order valence-corrected chi connectivity index (χ3v) is 4.28. The summed E-state index contributed by atoms with van der Waals surface area (Å²) >= 11 is 6.27. The van der Waals surface area contributed by atoms with Crippen LogP contribution in [0.5, 0.6) is 11.5 Å². The predicted octanol–water partition coefficient (Wildman–Crippen LogP) is 3.81. The maximum Gasteiger partial charge on any atom is 0.255 e. The number of methoxy groups -OCH3 is 1. The molecule has 0 unspecified atom stereocenters. The van der Waals surface area contributed by atoms with E-state index in [1.165, 1.54) is 42.1 Å². The molecule has 0 radical (unpaired) electrons. The van der Waals surface area contributed by atoms with Crippen LogP contribution in [0.1, 0.15) is 29.5 Å². The average Bonchev–Trinajstić information content (AvgIpc) is 3.13. The molecule has 3 rings (SSSR count). The molecular formula is C19H19ClFN5O3. The van der Waals surface area contributed by atoms with Gasteiger partial charge in [0.15, 0.2) is 17.3 Å². The molecule has 152 valence electrons. The van der Waals surface area contributed by atoms with E-state index >= 15 is 0 Å². The minimum atomic E-state index is -0.527. The highest BCUT2D eigenvalue weighted by atomic mass is 35.5. The van der Waals surface area contributed by atoms with Crippen LogP contribution >= 0.6 is 11.6 Å². The Hall–Kier alpha value is -3.20. The monoisotopic (exact) mass is 419 g/mol. The average molecular weight is 420 g/mol. The van der Waals surface area contributed by atoms with Crippen molar-refractivity contribution in [2.45, 2.75) is 20.3 Å². The van der Waals surface area contributed by atoms with E-state index in [-0.39, 0.29) is 16.3 Å². The number of nitrogens with zero attached hydrogens (tertiary/aromatic N) is 4. The SMILES string of the molecule is CCCOc1c(Cl)cc(C(=O)Nc2ccc(F)c(-n3nnnc3C)c2)cc1OC. The molecule has 1 heterocycles. The summed E-state index contributed by atoms with van der Waals surface area (Å²) in [5.41, 5.74) is 0.743. The summed E-state index contributed by atoms with van der Waals surface area (Å²) in [4.78, 5) is 12.7. The van der Waals surface area contributed by atoms with Crippen LogP contribution < -0.4 is 14.8 Å². The van der Waals surface area contributed by atoms with Crippen LogP contribution in [0.15, 0.2) is 30.3 Å². The minimum absolute atomic E-state index is 0.115. The van der Waals surface area contributed by atoms with Gasteiger partial charge in [0.05, 0.1) is 18.7 Å². The third kappa shape index (κ3) is 4.45. The van der Waals surface area contributed by atoms with Crippen molar-refractivity contribution < 1.29 is 18.7 Å². The molecule has 0 aliphatic rings. The fourth-order valence-electron chi connectivity index (χ4n) is 2.61. The Kier molecular flexibility index (Phi) is 6.28. The summed E-state index contributed by atoms with van der Waals surface area (Å²) in [5, 5.41) is 14.0. The second-order valence-electron chi connectivity index (χ2n) is 6.10. The van der Waals surface area contributed by atoms with Gasteiger partial charge in [-0.25, -0.2) is 4.39 Å². The van der Waals surface area contributed by atoms with Crippen LogP contribution in [0.25, 0.3) is 5.69 Å². The van der Waals surface area contributed by atoms with E-state index < -0.39 is 11.7 Å². The van der Waals surface area contributed by atoms with E-state index in [1.807, 2.05) is 6.92 Å². The number of aromatic nitrogens is 4. The van der Waals surface area contributed by atoms with Crippen LogP contribution in [0, 0.1) is 12.7 Å².